The molecule has 3 heteroatoms. The molecule has 1 rings (SSSR count). The molecule has 0 spiro atoms. The standard InChI is InChI=1S/C11H20N2S/c1-8(2)10-7-14-11(13-10)5-6-12-9(3)4/h7-9,12H,5-6H2,1-4H3. The lowest BCUT2D eigenvalue weighted by Gasteiger charge is -2.05. The van der Waals surface area contributed by atoms with Crippen LogP contribution in [0, 0.1) is 0 Å². The van der Waals surface area contributed by atoms with E-state index in [1.807, 2.05) is 0 Å². The van der Waals surface area contributed by atoms with Gasteiger partial charge in [0.2, 0.25) is 0 Å². The Bertz CT molecular complexity index is 266. The lowest BCUT2D eigenvalue weighted by molar-refractivity contribution is 0.589. The first-order chi connectivity index (χ1) is 6.59. The SMILES string of the molecule is CC(C)NCCc1nc(C(C)C)cs1. The second kappa shape index (κ2) is 5.47. The second-order valence-electron chi connectivity index (χ2n) is 4.18. The van der Waals surface area contributed by atoms with E-state index in [1.54, 1.807) is 11.3 Å². The molecule has 80 valence electrons. The minimum atomic E-state index is 0.554. The van der Waals surface area contributed by atoms with Crippen molar-refractivity contribution in [3.63, 3.8) is 0 Å². The lowest BCUT2D eigenvalue weighted by Crippen LogP contribution is -2.24. The predicted molar refractivity (Wildman–Crippen MR) is 63.0 cm³/mol. The fraction of sp³-hybridized carbons (Fsp3) is 0.727. The molecule has 0 radical (unpaired) electrons. The fourth-order valence-electron chi connectivity index (χ4n) is 1.17. The molecule has 1 aromatic heterocycles. The van der Waals surface area contributed by atoms with Crippen molar-refractivity contribution >= 4 is 11.3 Å². The molecule has 0 amide bonds. The molecule has 1 heterocycles. The van der Waals surface area contributed by atoms with Crippen LogP contribution in [0.15, 0.2) is 5.38 Å². The average molecular weight is 212 g/mol. The van der Waals surface area contributed by atoms with Crippen molar-refractivity contribution in [1.29, 1.82) is 0 Å². The highest BCUT2D eigenvalue weighted by Crippen LogP contribution is 2.17. The molecule has 0 bridgehead atoms. The topological polar surface area (TPSA) is 24.9 Å². The molecule has 0 aromatic carbocycles. The molecule has 14 heavy (non-hydrogen) atoms. The van der Waals surface area contributed by atoms with E-state index in [0.29, 0.717) is 12.0 Å². The molecular formula is C11H20N2S. The van der Waals surface area contributed by atoms with Crippen LogP contribution in [0.3, 0.4) is 0 Å². The Labute approximate surface area is 90.8 Å². The average Bonchev–Trinajstić information content (AvgIpc) is 2.52. The summed E-state index contributed by atoms with van der Waals surface area (Å²) in [6.45, 7) is 9.74. The Balaban J connectivity index is 2.36. The van der Waals surface area contributed by atoms with Crippen LogP contribution in [0.4, 0.5) is 0 Å². The lowest BCUT2D eigenvalue weighted by atomic mass is 10.2. The highest BCUT2D eigenvalue weighted by atomic mass is 32.1. The zero-order valence-corrected chi connectivity index (χ0v) is 10.3. The third-order valence-electron chi connectivity index (χ3n) is 2.05. The maximum Gasteiger partial charge on any atom is 0.0941 e. The molecule has 2 nitrogen and oxygen atoms in total. The third kappa shape index (κ3) is 3.76. The van der Waals surface area contributed by atoms with Crippen molar-refractivity contribution < 1.29 is 0 Å². The first-order valence-electron chi connectivity index (χ1n) is 5.27. The Hall–Kier alpha value is -0.410. The van der Waals surface area contributed by atoms with Gasteiger partial charge in [0, 0.05) is 24.4 Å². The Morgan fingerprint density at radius 2 is 2.07 bits per heavy atom. The van der Waals surface area contributed by atoms with Gasteiger partial charge in [-0.25, -0.2) is 4.98 Å². The van der Waals surface area contributed by atoms with E-state index in [1.165, 1.54) is 10.7 Å². The van der Waals surface area contributed by atoms with Gasteiger partial charge in [-0.2, -0.15) is 0 Å². The molecule has 0 aliphatic carbocycles. The van der Waals surface area contributed by atoms with E-state index in [4.69, 9.17) is 0 Å². The van der Waals surface area contributed by atoms with Gasteiger partial charge in [0.15, 0.2) is 0 Å². The molecule has 0 unspecified atom stereocenters. The van der Waals surface area contributed by atoms with Gasteiger partial charge in [-0.15, -0.1) is 11.3 Å². The van der Waals surface area contributed by atoms with Crippen LogP contribution in [0.1, 0.15) is 44.3 Å². The molecule has 0 saturated carbocycles. The maximum absolute atomic E-state index is 4.59. The summed E-state index contributed by atoms with van der Waals surface area (Å²) in [5.41, 5.74) is 1.23. The summed E-state index contributed by atoms with van der Waals surface area (Å²) in [5.74, 6) is 0.554. The third-order valence-corrected chi connectivity index (χ3v) is 2.98. The highest BCUT2D eigenvalue weighted by molar-refractivity contribution is 7.09. The summed E-state index contributed by atoms with van der Waals surface area (Å²) in [6.07, 6.45) is 1.05. The van der Waals surface area contributed by atoms with Crippen LogP contribution in [0.5, 0.6) is 0 Å². The number of aromatic nitrogens is 1. The van der Waals surface area contributed by atoms with Crippen LogP contribution in [0.25, 0.3) is 0 Å². The summed E-state index contributed by atoms with van der Waals surface area (Å²) < 4.78 is 0. The highest BCUT2D eigenvalue weighted by Gasteiger charge is 2.05. The van der Waals surface area contributed by atoms with Crippen molar-refractivity contribution in [3.05, 3.63) is 16.1 Å². The quantitative estimate of drug-likeness (QED) is 0.812. The van der Waals surface area contributed by atoms with Gasteiger partial charge in [-0.1, -0.05) is 27.7 Å². The van der Waals surface area contributed by atoms with Gasteiger partial charge < -0.3 is 5.32 Å². The largest absolute Gasteiger partial charge is 0.314 e. The van der Waals surface area contributed by atoms with Crippen molar-refractivity contribution in [2.45, 2.75) is 46.1 Å². The van der Waals surface area contributed by atoms with Gasteiger partial charge in [0.25, 0.3) is 0 Å². The number of nitrogens with one attached hydrogen (secondary N) is 1. The van der Waals surface area contributed by atoms with E-state index in [2.05, 4.69) is 43.4 Å². The van der Waals surface area contributed by atoms with Gasteiger partial charge in [-0.05, 0) is 5.92 Å². The molecule has 0 atom stereocenters. The Kier molecular flexibility index (Phi) is 4.55. The van der Waals surface area contributed by atoms with E-state index >= 15 is 0 Å². The van der Waals surface area contributed by atoms with Crippen molar-refractivity contribution in [2.75, 3.05) is 6.54 Å². The van der Waals surface area contributed by atoms with Crippen LogP contribution in [-0.4, -0.2) is 17.6 Å². The van der Waals surface area contributed by atoms with Gasteiger partial charge in [-0.3, -0.25) is 0 Å². The van der Waals surface area contributed by atoms with Gasteiger partial charge in [0.1, 0.15) is 0 Å². The summed E-state index contributed by atoms with van der Waals surface area (Å²) in [6, 6.07) is 0.569. The minimum absolute atomic E-state index is 0.554. The van der Waals surface area contributed by atoms with Gasteiger partial charge in [0.05, 0.1) is 10.7 Å². The van der Waals surface area contributed by atoms with E-state index in [9.17, 15) is 0 Å². The Morgan fingerprint density at radius 1 is 1.36 bits per heavy atom. The summed E-state index contributed by atoms with van der Waals surface area (Å²) in [4.78, 5) is 4.59. The van der Waals surface area contributed by atoms with Crippen molar-refractivity contribution in [1.82, 2.24) is 10.3 Å². The summed E-state index contributed by atoms with van der Waals surface area (Å²) in [7, 11) is 0. The molecule has 0 aliphatic heterocycles. The normalized spacial score (nSPS) is 11.6. The number of nitrogens with zero attached hydrogens (tertiary/aromatic N) is 1. The van der Waals surface area contributed by atoms with Crippen molar-refractivity contribution in [2.24, 2.45) is 0 Å². The minimum Gasteiger partial charge on any atom is -0.314 e. The first kappa shape index (κ1) is 11.7. The van der Waals surface area contributed by atoms with Crippen LogP contribution in [0.2, 0.25) is 0 Å². The number of hydrogen-bond donors (Lipinski definition) is 1. The molecule has 0 aliphatic rings. The Morgan fingerprint density at radius 3 is 2.57 bits per heavy atom. The number of thiazole rings is 1. The summed E-state index contributed by atoms with van der Waals surface area (Å²) in [5, 5.41) is 6.83. The van der Waals surface area contributed by atoms with E-state index in [0.717, 1.165) is 13.0 Å². The molecule has 1 N–H and O–H groups in total. The van der Waals surface area contributed by atoms with Crippen LogP contribution in [-0.2, 0) is 6.42 Å². The first-order valence-corrected chi connectivity index (χ1v) is 6.15. The smallest absolute Gasteiger partial charge is 0.0941 e. The van der Waals surface area contributed by atoms with Gasteiger partial charge >= 0.3 is 0 Å². The zero-order valence-electron chi connectivity index (χ0n) is 9.50. The van der Waals surface area contributed by atoms with E-state index in [-0.39, 0.29) is 0 Å². The fourth-order valence-corrected chi connectivity index (χ4v) is 2.13. The van der Waals surface area contributed by atoms with Crippen LogP contribution >= 0.6 is 11.3 Å². The summed E-state index contributed by atoms with van der Waals surface area (Å²) >= 11 is 1.78. The molecule has 0 saturated heterocycles. The van der Waals surface area contributed by atoms with Crippen molar-refractivity contribution in [3.8, 4) is 0 Å². The number of hydrogen-bond acceptors (Lipinski definition) is 3. The maximum atomic E-state index is 4.59. The molecular weight excluding hydrogens is 192 g/mol. The number of rotatable bonds is 5. The van der Waals surface area contributed by atoms with E-state index < -0.39 is 0 Å². The van der Waals surface area contributed by atoms with Crippen LogP contribution < -0.4 is 5.32 Å². The monoisotopic (exact) mass is 212 g/mol. The second-order valence-corrected chi connectivity index (χ2v) is 5.12. The zero-order chi connectivity index (χ0) is 10.6. The molecule has 1 aromatic rings. The predicted octanol–water partition coefficient (Wildman–Crippen LogP) is 2.81. The molecule has 0 fully saturated rings.